The number of aromatic nitrogens is 1. The lowest BCUT2D eigenvalue weighted by molar-refractivity contribution is 0.923. The minimum Gasteiger partial charge on any atom is -0.358 e. The van der Waals surface area contributed by atoms with Crippen LogP contribution in [0.3, 0.4) is 0 Å². The van der Waals surface area contributed by atoms with Crippen LogP contribution in [0.15, 0.2) is 39.4 Å². The molecule has 0 saturated carbocycles. The number of thiocarbonyl (C=S) groups is 1. The third kappa shape index (κ3) is 4.49. The summed E-state index contributed by atoms with van der Waals surface area (Å²) < 4.78 is 1.86. The molecule has 0 radical (unpaired) electrons. The van der Waals surface area contributed by atoms with Crippen LogP contribution in [-0.4, -0.2) is 10.1 Å². The Hall–Kier alpha value is -0.980. The summed E-state index contributed by atoms with van der Waals surface area (Å²) in [5.74, 6) is 0.706. The summed E-state index contributed by atoms with van der Waals surface area (Å²) in [6.45, 7) is 4.76. The van der Waals surface area contributed by atoms with Crippen LogP contribution in [0.25, 0.3) is 0 Å². The molecule has 0 unspecified atom stereocenters. The van der Waals surface area contributed by atoms with Crippen LogP contribution in [0.4, 0.5) is 5.82 Å². The summed E-state index contributed by atoms with van der Waals surface area (Å²) in [7, 11) is 0. The van der Waals surface area contributed by atoms with Gasteiger partial charge in [0, 0.05) is 17.2 Å². The molecule has 110 valence electrons. The molecule has 3 nitrogen and oxygen atoms in total. The van der Waals surface area contributed by atoms with Gasteiger partial charge >= 0.3 is 0 Å². The van der Waals surface area contributed by atoms with Crippen molar-refractivity contribution in [3.8, 4) is 0 Å². The molecule has 2 rings (SSSR count). The maximum atomic E-state index is 5.30. The van der Waals surface area contributed by atoms with Crippen LogP contribution in [0.1, 0.15) is 16.7 Å². The summed E-state index contributed by atoms with van der Waals surface area (Å²) in [5, 5.41) is 6.82. The van der Waals surface area contributed by atoms with E-state index in [9.17, 15) is 0 Å². The van der Waals surface area contributed by atoms with E-state index in [-0.39, 0.29) is 0 Å². The van der Waals surface area contributed by atoms with Gasteiger partial charge in [-0.15, -0.1) is 0 Å². The summed E-state index contributed by atoms with van der Waals surface area (Å²) in [6, 6.07) is 8.35. The largest absolute Gasteiger partial charge is 0.358 e. The fraction of sp³-hybridized carbons (Fsp3) is 0.200. The second kappa shape index (κ2) is 7.33. The molecule has 0 bridgehead atoms. The highest BCUT2D eigenvalue weighted by Crippen LogP contribution is 2.29. The van der Waals surface area contributed by atoms with Gasteiger partial charge in [-0.2, -0.15) is 0 Å². The van der Waals surface area contributed by atoms with Crippen LogP contribution in [0.2, 0.25) is 0 Å². The van der Waals surface area contributed by atoms with E-state index in [1.54, 1.807) is 6.20 Å². The molecule has 1 heterocycles. The van der Waals surface area contributed by atoms with E-state index in [1.165, 1.54) is 11.1 Å². The smallest absolute Gasteiger partial charge is 0.172 e. The third-order valence-electron chi connectivity index (χ3n) is 3.01. The number of nitrogens with one attached hydrogen (secondary N) is 2. The average molecular weight is 429 g/mol. The predicted molar refractivity (Wildman–Crippen MR) is 98.6 cm³/mol. The Bertz CT molecular complexity index is 657. The number of anilines is 1. The first-order chi connectivity index (χ1) is 9.97. The maximum Gasteiger partial charge on any atom is 0.172 e. The molecule has 2 N–H and O–H groups in total. The van der Waals surface area contributed by atoms with Gasteiger partial charge in [-0.05, 0) is 69.1 Å². The van der Waals surface area contributed by atoms with Gasteiger partial charge in [-0.1, -0.05) is 29.8 Å². The number of pyridine rings is 1. The summed E-state index contributed by atoms with van der Waals surface area (Å²) in [4.78, 5) is 4.31. The molecule has 0 atom stereocenters. The lowest BCUT2D eigenvalue weighted by Crippen LogP contribution is -2.28. The van der Waals surface area contributed by atoms with E-state index in [4.69, 9.17) is 12.2 Å². The number of nitrogens with zero attached hydrogens (tertiary/aromatic N) is 1. The Morgan fingerprint density at radius 2 is 1.86 bits per heavy atom. The molecule has 0 amide bonds. The predicted octanol–water partition coefficient (Wildman–Crippen LogP) is 4.71. The summed E-state index contributed by atoms with van der Waals surface area (Å²) in [6.07, 6.45) is 1.75. The van der Waals surface area contributed by atoms with E-state index in [2.05, 4.69) is 78.7 Å². The molecule has 0 saturated heterocycles. The number of hydrogen-bond acceptors (Lipinski definition) is 2. The molecule has 0 aliphatic heterocycles. The van der Waals surface area contributed by atoms with E-state index in [1.807, 2.05) is 6.92 Å². The SMILES string of the molecule is Cc1ccc(CNC(=S)Nc2ncc(Br)c(C)c2Br)cc1. The van der Waals surface area contributed by atoms with Crippen molar-refractivity contribution in [1.82, 2.24) is 10.3 Å². The minimum absolute atomic E-state index is 0.547. The Morgan fingerprint density at radius 1 is 1.19 bits per heavy atom. The number of hydrogen-bond donors (Lipinski definition) is 2. The monoisotopic (exact) mass is 427 g/mol. The molecular weight excluding hydrogens is 414 g/mol. The van der Waals surface area contributed by atoms with Crippen LogP contribution in [-0.2, 0) is 6.54 Å². The van der Waals surface area contributed by atoms with Crippen LogP contribution >= 0.6 is 44.1 Å². The van der Waals surface area contributed by atoms with Crippen molar-refractivity contribution in [3.63, 3.8) is 0 Å². The first kappa shape index (κ1) is 16.4. The molecule has 21 heavy (non-hydrogen) atoms. The van der Waals surface area contributed by atoms with Crippen LogP contribution in [0, 0.1) is 13.8 Å². The van der Waals surface area contributed by atoms with Crippen molar-refractivity contribution >= 4 is 55.0 Å². The summed E-state index contributed by atoms with van der Waals surface area (Å²) >= 11 is 12.3. The Morgan fingerprint density at radius 3 is 2.52 bits per heavy atom. The van der Waals surface area contributed by atoms with Gasteiger partial charge in [0.25, 0.3) is 0 Å². The first-order valence-corrected chi connectivity index (χ1v) is 8.38. The third-order valence-corrected chi connectivity index (χ3v) is 5.02. The lowest BCUT2D eigenvalue weighted by Gasteiger charge is -2.13. The van der Waals surface area contributed by atoms with E-state index in [0.717, 1.165) is 14.5 Å². The fourth-order valence-corrected chi connectivity index (χ4v) is 2.83. The lowest BCUT2D eigenvalue weighted by atomic mass is 10.1. The maximum absolute atomic E-state index is 5.30. The number of rotatable bonds is 3. The molecule has 0 aliphatic carbocycles. The second-order valence-electron chi connectivity index (χ2n) is 4.69. The molecular formula is C15H15Br2N3S. The Balaban J connectivity index is 1.96. The highest BCUT2D eigenvalue weighted by molar-refractivity contribution is 9.11. The minimum atomic E-state index is 0.547. The zero-order valence-electron chi connectivity index (χ0n) is 11.7. The molecule has 0 fully saturated rings. The standard InChI is InChI=1S/C15H15Br2N3S/c1-9-3-5-11(6-4-9)7-19-15(21)20-14-13(17)10(2)12(16)8-18-14/h3-6,8H,7H2,1-2H3,(H2,18,19,20,21). The first-order valence-electron chi connectivity index (χ1n) is 6.38. The van der Waals surface area contributed by atoms with E-state index in [0.29, 0.717) is 17.5 Å². The topological polar surface area (TPSA) is 37.0 Å². The Labute approximate surface area is 146 Å². The molecule has 1 aromatic heterocycles. The van der Waals surface area contributed by atoms with Crippen molar-refractivity contribution in [2.45, 2.75) is 20.4 Å². The quantitative estimate of drug-likeness (QED) is 0.694. The van der Waals surface area contributed by atoms with Crippen molar-refractivity contribution in [3.05, 3.63) is 56.1 Å². The molecule has 6 heteroatoms. The highest BCUT2D eigenvalue weighted by Gasteiger charge is 2.08. The van der Waals surface area contributed by atoms with Gasteiger partial charge in [0.15, 0.2) is 5.11 Å². The molecule has 2 aromatic rings. The van der Waals surface area contributed by atoms with Gasteiger partial charge in [0.1, 0.15) is 5.82 Å². The van der Waals surface area contributed by atoms with Gasteiger partial charge in [-0.25, -0.2) is 4.98 Å². The number of halogens is 2. The van der Waals surface area contributed by atoms with Crippen molar-refractivity contribution in [2.24, 2.45) is 0 Å². The van der Waals surface area contributed by atoms with Gasteiger partial charge in [0.05, 0.1) is 4.47 Å². The molecule has 1 aromatic carbocycles. The van der Waals surface area contributed by atoms with Crippen molar-refractivity contribution < 1.29 is 0 Å². The zero-order chi connectivity index (χ0) is 15.4. The van der Waals surface area contributed by atoms with Crippen molar-refractivity contribution in [1.29, 1.82) is 0 Å². The summed E-state index contributed by atoms with van der Waals surface area (Å²) in [5.41, 5.74) is 3.51. The van der Waals surface area contributed by atoms with E-state index >= 15 is 0 Å². The second-order valence-corrected chi connectivity index (χ2v) is 6.74. The fourth-order valence-electron chi connectivity index (χ4n) is 1.68. The van der Waals surface area contributed by atoms with Gasteiger partial charge < -0.3 is 10.6 Å². The normalized spacial score (nSPS) is 10.3. The molecule has 0 aliphatic rings. The number of benzene rings is 1. The highest BCUT2D eigenvalue weighted by atomic mass is 79.9. The average Bonchev–Trinajstić information content (AvgIpc) is 2.47. The number of aryl methyl sites for hydroxylation is 1. The van der Waals surface area contributed by atoms with Gasteiger partial charge in [-0.3, -0.25) is 0 Å². The van der Waals surface area contributed by atoms with Crippen LogP contribution < -0.4 is 10.6 Å². The van der Waals surface area contributed by atoms with Gasteiger partial charge in [0.2, 0.25) is 0 Å². The Kier molecular flexibility index (Phi) is 5.72. The van der Waals surface area contributed by atoms with E-state index < -0.39 is 0 Å². The zero-order valence-corrected chi connectivity index (χ0v) is 15.7. The van der Waals surface area contributed by atoms with Crippen LogP contribution in [0.5, 0.6) is 0 Å². The molecule has 0 spiro atoms. The van der Waals surface area contributed by atoms with Crippen molar-refractivity contribution in [2.75, 3.05) is 5.32 Å².